The molecule has 0 bridgehead atoms. The van der Waals surface area contributed by atoms with Crippen molar-refractivity contribution in [3.05, 3.63) is 72.4 Å². The molecule has 1 aliphatic carbocycles. The molecular formula is C32H38N8O. The molecule has 0 spiro atoms. The Hall–Kier alpha value is -4.27. The van der Waals surface area contributed by atoms with Crippen LogP contribution in [0.2, 0.25) is 0 Å². The maximum absolute atomic E-state index is 11.7. The highest BCUT2D eigenvalue weighted by molar-refractivity contribution is 5.94. The summed E-state index contributed by atoms with van der Waals surface area (Å²) in [6.07, 6.45) is 10.6. The van der Waals surface area contributed by atoms with Crippen LogP contribution in [0.5, 0.6) is 0 Å². The van der Waals surface area contributed by atoms with Crippen LogP contribution in [0.1, 0.15) is 55.3 Å². The minimum absolute atomic E-state index is 0.415. The first-order chi connectivity index (χ1) is 20.0. The Morgan fingerprint density at radius 2 is 1.80 bits per heavy atom. The molecule has 212 valence electrons. The number of nitrogens with one attached hydrogen (secondary N) is 1. The topological polar surface area (TPSA) is 115 Å². The summed E-state index contributed by atoms with van der Waals surface area (Å²) in [7, 11) is 1.86. The number of amides is 1. The van der Waals surface area contributed by atoms with E-state index in [9.17, 15) is 4.79 Å². The smallest absolute Gasteiger partial charge is 0.248 e. The molecule has 3 N–H and O–H groups in total. The fourth-order valence-electron chi connectivity index (χ4n) is 6.63. The van der Waals surface area contributed by atoms with Crippen molar-refractivity contribution < 1.29 is 4.79 Å². The van der Waals surface area contributed by atoms with Gasteiger partial charge in [-0.2, -0.15) is 0 Å². The van der Waals surface area contributed by atoms with E-state index in [1.807, 2.05) is 37.5 Å². The lowest BCUT2D eigenvalue weighted by molar-refractivity contribution is 0.100. The van der Waals surface area contributed by atoms with Crippen LogP contribution < -0.4 is 16.0 Å². The predicted octanol–water partition coefficient (Wildman–Crippen LogP) is 5.32. The lowest BCUT2D eigenvalue weighted by atomic mass is 9.77. The molecule has 4 aromatic rings. The van der Waals surface area contributed by atoms with Crippen LogP contribution >= 0.6 is 0 Å². The van der Waals surface area contributed by atoms with Crippen molar-refractivity contribution in [2.45, 2.75) is 51.0 Å². The number of pyridine rings is 1. The quantitative estimate of drug-likeness (QED) is 0.305. The van der Waals surface area contributed by atoms with Gasteiger partial charge in [-0.25, -0.2) is 9.67 Å². The zero-order valence-electron chi connectivity index (χ0n) is 23.6. The second-order valence-electron chi connectivity index (χ2n) is 11.5. The van der Waals surface area contributed by atoms with Gasteiger partial charge in [0.15, 0.2) is 5.82 Å². The third-order valence-corrected chi connectivity index (χ3v) is 8.75. The largest absolute Gasteiger partial charge is 0.371 e. The van der Waals surface area contributed by atoms with Crippen molar-refractivity contribution in [1.29, 1.82) is 0 Å². The van der Waals surface area contributed by atoms with E-state index in [1.54, 1.807) is 10.7 Å². The van der Waals surface area contributed by atoms with Crippen molar-refractivity contribution in [3.8, 4) is 22.5 Å². The lowest BCUT2D eigenvalue weighted by Crippen LogP contribution is -2.39. The Morgan fingerprint density at radius 3 is 2.61 bits per heavy atom. The van der Waals surface area contributed by atoms with Gasteiger partial charge in [0.1, 0.15) is 5.82 Å². The number of carbonyl (C=O) groups excluding carboxylic acids is 1. The molecule has 6 rings (SSSR count). The van der Waals surface area contributed by atoms with Gasteiger partial charge in [-0.1, -0.05) is 25.0 Å². The number of benzene rings is 2. The van der Waals surface area contributed by atoms with E-state index in [1.165, 1.54) is 50.6 Å². The third-order valence-electron chi connectivity index (χ3n) is 8.75. The van der Waals surface area contributed by atoms with Crippen LogP contribution in [0.3, 0.4) is 0 Å². The number of rotatable bonds is 8. The van der Waals surface area contributed by atoms with Gasteiger partial charge in [-0.3, -0.25) is 4.79 Å². The van der Waals surface area contributed by atoms with Gasteiger partial charge in [0, 0.05) is 49.2 Å². The molecule has 2 aromatic heterocycles. The number of tetrazole rings is 1. The summed E-state index contributed by atoms with van der Waals surface area (Å²) >= 11 is 0. The Morgan fingerprint density at radius 1 is 0.976 bits per heavy atom. The first kappa shape index (κ1) is 26.9. The van der Waals surface area contributed by atoms with Gasteiger partial charge >= 0.3 is 0 Å². The van der Waals surface area contributed by atoms with Crippen LogP contribution in [-0.2, 0) is 7.05 Å². The lowest BCUT2D eigenvalue weighted by Gasteiger charge is -2.39. The third kappa shape index (κ3) is 6.24. The first-order valence-electron chi connectivity index (χ1n) is 14.7. The summed E-state index contributed by atoms with van der Waals surface area (Å²) < 4.78 is 1.70. The molecule has 0 unspecified atom stereocenters. The molecule has 41 heavy (non-hydrogen) atoms. The van der Waals surface area contributed by atoms with E-state index in [-0.39, 0.29) is 0 Å². The molecule has 2 fully saturated rings. The Bertz CT molecular complexity index is 1480. The molecule has 0 radical (unpaired) electrons. The van der Waals surface area contributed by atoms with E-state index in [0.717, 1.165) is 41.4 Å². The summed E-state index contributed by atoms with van der Waals surface area (Å²) in [5.41, 5.74) is 10.3. The predicted molar refractivity (Wildman–Crippen MR) is 161 cm³/mol. The average Bonchev–Trinajstić information content (AvgIpc) is 3.44. The second kappa shape index (κ2) is 12.1. The van der Waals surface area contributed by atoms with E-state index in [4.69, 9.17) is 5.73 Å². The number of carbonyl (C=O) groups is 1. The number of hydrogen-bond acceptors (Lipinski definition) is 7. The number of aryl methyl sites for hydroxylation is 1. The van der Waals surface area contributed by atoms with Gasteiger partial charge in [-0.15, -0.1) is 5.10 Å². The summed E-state index contributed by atoms with van der Waals surface area (Å²) in [5, 5.41) is 15.6. The number of nitrogens with two attached hydrogens (primary N) is 1. The first-order valence-corrected chi connectivity index (χ1v) is 14.7. The van der Waals surface area contributed by atoms with Crippen LogP contribution in [0.4, 0.5) is 11.5 Å². The number of piperidine rings is 1. The van der Waals surface area contributed by atoms with E-state index >= 15 is 0 Å². The fourth-order valence-corrected chi connectivity index (χ4v) is 6.63. The molecule has 1 saturated heterocycles. The highest BCUT2D eigenvalue weighted by Crippen LogP contribution is 2.36. The van der Waals surface area contributed by atoms with Crippen LogP contribution in [0.15, 0.2) is 66.9 Å². The summed E-state index contributed by atoms with van der Waals surface area (Å²) in [6.45, 7) is 2.19. The molecular weight excluding hydrogens is 512 g/mol. The van der Waals surface area contributed by atoms with Crippen LogP contribution in [0.25, 0.3) is 22.5 Å². The average molecular weight is 551 g/mol. The molecule has 1 amide bonds. The van der Waals surface area contributed by atoms with E-state index in [0.29, 0.717) is 23.4 Å². The normalized spacial score (nSPS) is 21.0. The number of primary amides is 1. The Kier molecular flexibility index (Phi) is 7.93. The van der Waals surface area contributed by atoms with Crippen molar-refractivity contribution in [2.75, 3.05) is 23.3 Å². The summed E-state index contributed by atoms with van der Waals surface area (Å²) in [5.74, 6) is 2.57. The van der Waals surface area contributed by atoms with Gasteiger partial charge in [0.25, 0.3) is 0 Å². The highest BCUT2D eigenvalue weighted by atomic mass is 16.1. The van der Waals surface area contributed by atoms with Crippen molar-refractivity contribution in [1.82, 2.24) is 25.2 Å². The number of hydrogen-bond donors (Lipinski definition) is 2. The Labute approximate surface area is 241 Å². The van der Waals surface area contributed by atoms with E-state index < -0.39 is 5.91 Å². The van der Waals surface area contributed by atoms with Gasteiger partial charge in [0.05, 0.1) is 0 Å². The van der Waals surface area contributed by atoms with Gasteiger partial charge in [0.2, 0.25) is 5.91 Å². The summed E-state index contributed by atoms with van der Waals surface area (Å²) in [6, 6.07) is 20.6. The highest BCUT2D eigenvalue weighted by Gasteiger charge is 2.30. The van der Waals surface area contributed by atoms with Crippen molar-refractivity contribution in [3.63, 3.8) is 0 Å². The maximum atomic E-state index is 11.7. The van der Waals surface area contributed by atoms with Gasteiger partial charge in [-0.05, 0) is 114 Å². The maximum Gasteiger partial charge on any atom is 0.248 e. The SMILES string of the molecule is Cn1nnnc1-c1ccc(N2CCC[C@H](C[C@@H]3CCCC[C@H]3Nc3cc(-c4cccc(C(N)=O)c4)ccn3)C2)cc1. The van der Waals surface area contributed by atoms with Gasteiger partial charge < -0.3 is 16.0 Å². The summed E-state index contributed by atoms with van der Waals surface area (Å²) in [4.78, 5) is 18.9. The zero-order chi connectivity index (χ0) is 28.2. The van der Waals surface area contributed by atoms with Crippen LogP contribution in [0, 0.1) is 11.8 Å². The van der Waals surface area contributed by atoms with Crippen molar-refractivity contribution in [2.24, 2.45) is 24.6 Å². The molecule has 9 nitrogen and oxygen atoms in total. The molecule has 1 saturated carbocycles. The Balaban J connectivity index is 1.11. The van der Waals surface area contributed by atoms with Crippen molar-refractivity contribution >= 4 is 17.4 Å². The zero-order valence-corrected chi connectivity index (χ0v) is 23.6. The number of anilines is 2. The molecule has 2 aromatic carbocycles. The number of aromatic nitrogens is 5. The molecule has 3 heterocycles. The standard InChI is InChI=1S/C32H38N8O/c1-39-32(36-37-38-39)23-11-13-28(14-12-23)40-17-5-6-22(21-40)18-26-7-2-3-10-29(26)35-30-20-25(15-16-34-30)24-8-4-9-27(19-24)31(33)41/h4,8-9,11-16,19-20,22,26,29H,2-3,5-7,10,17-18,21H2,1H3,(H2,33,41)(H,34,35)/t22-,26+,29-/m1/s1. The number of nitrogens with zero attached hydrogens (tertiary/aromatic N) is 6. The molecule has 3 atom stereocenters. The van der Waals surface area contributed by atoms with E-state index in [2.05, 4.69) is 61.1 Å². The van der Waals surface area contributed by atoms with Crippen LogP contribution in [-0.4, -0.2) is 50.2 Å². The fraction of sp³-hybridized carbons (Fsp3) is 0.406. The molecule has 2 aliphatic rings. The second-order valence-corrected chi connectivity index (χ2v) is 11.5. The minimum atomic E-state index is -0.415. The molecule has 1 aliphatic heterocycles. The molecule has 9 heteroatoms. The minimum Gasteiger partial charge on any atom is -0.371 e. The monoisotopic (exact) mass is 550 g/mol.